The molecule has 59 heavy (non-hydrogen) atoms. The van der Waals surface area contributed by atoms with Gasteiger partial charge in [0.15, 0.2) is 6.29 Å². The molecule has 9 atom stereocenters. The molecule has 0 bridgehead atoms. The molecule has 1 aliphatic heterocycles. The molecular weight excluding hydrogens is 751 g/mol. The second-order valence-corrected chi connectivity index (χ2v) is 17.2. The van der Waals surface area contributed by atoms with E-state index in [0.29, 0.717) is 19.3 Å². The first-order chi connectivity index (χ1) is 28.7. The fourth-order valence-electron chi connectivity index (χ4n) is 7.69. The van der Waals surface area contributed by atoms with Gasteiger partial charge in [0.2, 0.25) is 5.91 Å². The van der Waals surface area contributed by atoms with E-state index in [4.69, 9.17) is 9.47 Å². The summed E-state index contributed by atoms with van der Waals surface area (Å²) in [6.45, 7) is 3.40. The molecule has 0 spiro atoms. The highest BCUT2D eigenvalue weighted by Gasteiger charge is 2.44. The molecule has 1 aliphatic rings. The topological polar surface area (TPSA) is 189 Å². The summed E-state index contributed by atoms with van der Waals surface area (Å²) in [5, 5.41) is 75.5. The molecule has 0 saturated carbocycles. The third-order valence-electron chi connectivity index (χ3n) is 11.7. The van der Waals surface area contributed by atoms with Crippen molar-refractivity contribution < 1.29 is 50.0 Å². The van der Waals surface area contributed by atoms with Crippen molar-refractivity contribution in [2.24, 2.45) is 0 Å². The van der Waals surface area contributed by atoms with Gasteiger partial charge in [-0.1, -0.05) is 179 Å². The number of hydrogen-bond acceptors (Lipinski definition) is 10. The fourth-order valence-corrected chi connectivity index (χ4v) is 7.69. The number of hydrogen-bond donors (Lipinski definition) is 8. The van der Waals surface area contributed by atoms with Crippen molar-refractivity contribution in [2.75, 3.05) is 13.2 Å². The Bertz CT molecular complexity index is 1010. The first-order valence-corrected chi connectivity index (χ1v) is 24.2. The normalized spacial score (nSPS) is 21.9. The third kappa shape index (κ3) is 28.0. The largest absolute Gasteiger partial charge is 0.394 e. The summed E-state index contributed by atoms with van der Waals surface area (Å²) in [5.41, 5.74) is 0. The van der Waals surface area contributed by atoms with Crippen LogP contribution in [0.15, 0.2) is 24.3 Å². The Kier molecular flexibility index (Phi) is 36.1. The highest BCUT2D eigenvalue weighted by molar-refractivity contribution is 5.80. The monoisotopic (exact) mass is 842 g/mol. The number of ether oxygens (including phenoxy) is 2. The minimum atomic E-state index is -1.67. The predicted molar refractivity (Wildman–Crippen MR) is 238 cm³/mol. The number of unbranched alkanes of at least 4 members (excludes halogenated alkanes) is 24. The van der Waals surface area contributed by atoms with Crippen LogP contribution in [-0.2, 0) is 14.3 Å². The van der Waals surface area contributed by atoms with Gasteiger partial charge >= 0.3 is 0 Å². The van der Waals surface area contributed by atoms with E-state index in [1.165, 1.54) is 122 Å². The maximum absolute atomic E-state index is 13.0. The lowest BCUT2D eigenvalue weighted by Gasteiger charge is -2.40. The molecule has 0 aromatic carbocycles. The molecule has 0 radical (unpaired) electrons. The van der Waals surface area contributed by atoms with Gasteiger partial charge in [0.1, 0.15) is 36.6 Å². The Morgan fingerprint density at radius 1 is 0.576 bits per heavy atom. The van der Waals surface area contributed by atoms with Crippen LogP contribution in [0.1, 0.15) is 206 Å². The van der Waals surface area contributed by atoms with Crippen molar-refractivity contribution in [3.63, 3.8) is 0 Å². The van der Waals surface area contributed by atoms with Crippen LogP contribution in [0.2, 0.25) is 0 Å². The van der Waals surface area contributed by atoms with Crippen molar-refractivity contribution >= 4 is 5.91 Å². The van der Waals surface area contributed by atoms with Crippen LogP contribution in [0.5, 0.6) is 0 Å². The maximum atomic E-state index is 13.0. The average molecular weight is 842 g/mol. The van der Waals surface area contributed by atoms with Gasteiger partial charge in [-0.15, -0.1) is 0 Å². The lowest BCUT2D eigenvalue weighted by atomic mass is 9.98. The van der Waals surface area contributed by atoms with E-state index in [1.807, 2.05) is 0 Å². The molecule has 348 valence electrons. The highest BCUT2D eigenvalue weighted by Crippen LogP contribution is 2.23. The number of allylic oxidation sites excluding steroid dienone is 4. The standard InChI is InChI=1S/C48H91NO10/c1-3-5-7-9-11-13-15-16-17-18-19-20-21-22-23-24-25-26-28-29-31-33-35-40(51)43(53)39(38-58-48-46(56)45(55)44(54)42(37-50)59-48)49-47(57)41(52)36-34-32-30-27-14-12-10-8-6-4-2/h23-24,28-29,39-46,48,50-56H,3-22,25-27,30-38H2,1-2H3,(H,49,57)/b24-23+,29-28+. The Hall–Kier alpha value is -1.41. The number of carbonyl (C=O) groups excluding carboxylic acids is 1. The Morgan fingerprint density at radius 3 is 1.51 bits per heavy atom. The summed E-state index contributed by atoms with van der Waals surface area (Å²) < 4.78 is 11.1. The van der Waals surface area contributed by atoms with Crippen LogP contribution in [-0.4, -0.2) is 110 Å². The molecule has 1 rings (SSSR count). The molecule has 1 heterocycles. The SMILES string of the molecule is CCCCCCCCCCCCCCC/C=C/CC/C=C/CCCC(O)C(O)C(COC1OC(CO)C(O)C(O)C1O)NC(=O)C(O)CCCCCCCCCCCC. The zero-order valence-electron chi connectivity index (χ0n) is 37.5. The second kappa shape index (κ2) is 38.3. The number of aliphatic hydroxyl groups is 7. The van der Waals surface area contributed by atoms with Crippen LogP contribution in [0.4, 0.5) is 0 Å². The van der Waals surface area contributed by atoms with Crippen LogP contribution in [0.3, 0.4) is 0 Å². The molecule has 0 aliphatic carbocycles. The highest BCUT2D eigenvalue weighted by atomic mass is 16.7. The molecule has 1 amide bonds. The summed E-state index contributed by atoms with van der Waals surface area (Å²) >= 11 is 0. The Morgan fingerprint density at radius 2 is 1.02 bits per heavy atom. The molecule has 8 N–H and O–H groups in total. The maximum Gasteiger partial charge on any atom is 0.249 e. The lowest BCUT2D eigenvalue weighted by Crippen LogP contribution is -2.60. The second-order valence-electron chi connectivity index (χ2n) is 17.2. The van der Waals surface area contributed by atoms with E-state index in [1.54, 1.807) is 0 Å². The van der Waals surface area contributed by atoms with Crippen molar-refractivity contribution in [3.8, 4) is 0 Å². The van der Waals surface area contributed by atoms with Gasteiger partial charge < -0.3 is 50.5 Å². The Labute approximate surface area is 359 Å². The smallest absolute Gasteiger partial charge is 0.249 e. The lowest BCUT2D eigenvalue weighted by molar-refractivity contribution is -0.303. The molecule has 1 saturated heterocycles. The molecule has 0 aromatic rings. The van der Waals surface area contributed by atoms with Gasteiger partial charge in [-0.2, -0.15) is 0 Å². The van der Waals surface area contributed by atoms with E-state index < -0.39 is 74.2 Å². The summed E-state index contributed by atoms with van der Waals surface area (Å²) in [5.74, 6) is -0.712. The van der Waals surface area contributed by atoms with E-state index in [2.05, 4.69) is 43.5 Å². The number of aliphatic hydroxyl groups excluding tert-OH is 7. The van der Waals surface area contributed by atoms with Crippen LogP contribution in [0, 0.1) is 0 Å². The molecule has 9 unspecified atom stereocenters. The third-order valence-corrected chi connectivity index (χ3v) is 11.7. The minimum absolute atomic E-state index is 0.248. The molecule has 11 nitrogen and oxygen atoms in total. The van der Waals surface area contributed by atoms with E-state index in [0.717, 1.165) is 38.5 Å². The summed E-state index contributed by atoms with van der Waals surface area (Å²) in [4.78, 5) is 13.0. The molecular formula is C48H91NO10. The van der Waals surface area contributed by atoms with Crippen molar-refractivity contribution in [2.45, 2.75) is 262 Å². The number of amides is 1. The van der Waals surface area contributed by atoms with Gasteiger partial charge in [-0.05, 0) is 51.4 Å². The van der Waals surface area contributed by atoms with Crippen LogP contribution in [0.25, 0.3) is 0 Å². The average Bonchev–Trinajstić information content (AvgIpc) is 3.23. The first kappa shape index (κ1) is 55.6. The van der Waals surface area contributed by atoms with Crippen molar-refractivity contribution in [1.82, 2.24) is 5.32 Å². The number of carbonyl (C=O) groups is 1. The van der Waals surface area contributed by atoms with Gasteiger partial charge in [0.25, 0.3) is 0 Å². The summed E-state index contributed by atoms with van der Waals surface area (Å²) in [7, 11) is 0. The van der Waals surface area contributed by atoms with Gasteiger partial charge in [0.05, 0.1) is 25.4 Å². The van der Waals surface area contributed by atoms with Crippen molar-refractivity contribution in [3.05, 3.63) is 24.3 Å². The molecule has 0 aromatic heterocycles. The zero-order chi connectivity index (χ0) is 43.4. The zero-order valence-corrected chi connectivity index (χ0v) is 37.5. The van der Waals surface area contributed by atoms with E-state index >= 15 is 0 Å². The predicted octanol–water partition coefficient (Wildman–Crippen LogP) is 8.23. The summed E-state index contributed by atoms with van der Waals surface area (Å²) in [6.07, 6.45) is 31.0. The number of rotatable bonds is 40. The molecule has 1 fully saturated rings. The van der Waals surface area contributed by atoms with Gasteiger partial charge in [-0.3, -0.25) is 4.79 Å². The van der Waals surface area contributed by atoms with E-state index in [-0.39, 0.29) is 12.8 Å². The van der Waals surface area contributed by atoms with Gasteiger partial charge in [0, 0.05) is 0 Å². The minimum Gasteiger partial charge on any atom is -0.394 e. The van der Waals surface area contributed by atoms with Crippen LogP contribution < -0.4 is 5.32 Å². The first-order valence-electron chi connectivity index (χ1n) is 24.2. The van der Waals surface area contributed by atoms with Crippen molar-refractivity contribution in [1.29, 1.82) is 0 Å². The fraction of sp³-hybridized carbons (Fsp3) is 0.896. The number of nitrogens with one attached hydrogen (secondary N) is 1. The van der Waals surface area contributed by atoms with E-state index in [9.17, 15) is 40.5 Å². The van der Waals surface area contributed by atoms with Crippen LogP contribution >= 0.6 is 0 Å². The molecule has 11 heteroatoms. The quantitative estimate of drug-likeness (QED) is 0.0221. The van der Waals surface area contributed by atoms with Gasteiger partial charge in [-0.25, -0.2) is 0 Å². The Balaban J connectivity index is 2.42. The summed E-state index contributed by atoms with van der Waals surface area (Å²) in [6, 6.07) is -1.19.